The number of hydrogen-bond acceptors (Lipinski definition) is 5. The van der Waals surface area contributed by atoms with Crippen molar-refractivity contribution in [2.24, 2.45) is 4.99 Å². The average Bonchev–Trinajstić information content (AvgIpc) is 2.63. The van der Waals surface area contributed by atoms with Gasteiger partial charge in [0, 0.05) is 26.2 Å². The van der Waals surface area contributed by atoms with Gasteiger partial charge in [0.1, 0.15) is 5.60 Å². The number of nitrogens with one attached hydrogen (secondary N) is 3. The molecule has 0 bridgehead atoms. The van der Waals surface area contributed by atoms with E-state index >= 15 is 0 Å². The lowest BCUT2D eigenvalue weighted by molar-refractivity contribution is 0.0529. The van der Waals surface area contributed by atoms with Gasteiger partial charge in [0.15, 0.2) is 17.5 Å². The van der Waals surface area contributed by atoms with Gasteiger partial charge >= 0.3 is 6.09 Å². The van der Waals surface area contributed by atoms with Gasteiger partial charge in [0.2, 0.25) is 0 Å². The van der Waals surface area contributed by atoms with Crippen LogP contribution in [0.4, 0.5) is 4.79 Å². The second-order valence-electron chi connectivity index (χ2n) is 7.06. The molecule has 1 rings (SSSR count). The van der Waals surface area contributed by atoms with Crippen LogP contribution in [0.1, 0.15) is 33.3 Å². The molecule has 0 saturated heterocycles. The smallest absolute Gasteiger partial charge is 0.407 e. The molecule has 29 heavy (non-hydrogen) atoms. The van der Waals surface area contributed by atoms with Gasteiger partial charge < -0.3 is 30.2 Å². The summed E-state index contributed by atoms with van der Waals surface area (Å²) in [5.74, 6) is 2.12. The minimum atomic E-state index is -0.502. The third-order valence-electron chi connectivity index (χ3n) is 3.55. The van der Waals surface area contributed by atoms with E-state index in [2.05, 4.69) is 20.9 Å². The zero-order valence-electron chi connectivity index (χ0n) is 18.3. The molecule has 1 amide bonds. The molecule has 0 unspecified atom stereocenters. The van der Waals surface area contributed by atoms with Crippen LogP contribution in [-0.4, -0.2) is 58.1 Å². The van der Waals surface area contributed by atoms with Crippen LogP contribution in [0.25, 0.3) is 0 Å². The number of ether oxygens (including phenoxy) is 3. The van der Waals surface area contributed by atoms with E-state index < -0.39 is 11.7 Å². The Hall–Kier alpha value is -1.91. The van der Waals surface area contributed by atoms with Crippen molar-refractivity contribution in [3.8, 4) is 11.5 Å². The molecule has 0 atom stereocenters. The van der Waals surface area contributed by atoms with Gasteiger partial charge in [-0.25, -0.2) is 4.79 Å². The monoisotopic (exact) mass is 522 g/mol. The van der Waals surface area contributed by atoms with E-state index in [-0.39, 0.29) is 24.0 Å². The second-order valence-corrected chi connectivity index (χ2v) is 7.06. The van der Waals surface area contributed by atoms with Crippen molar-refractivity contribution in [3.05, 3.63) is 23.8 Å². The van der Waals surface area contributed by atoms with Gasteiger partial charge in [0.25, 0.3) is 0 Å². The van der Waals surface area contributed by atoms with E-state index in [9.17, 15) is 4.79 Å². The molecular formula is C20H35IN4O4. The fourth-order valence-corrected chi connectivity index (χ4v) is 2.33. The largest absolute Gasteiger partial charge is 0.493 e. The number of carbonyl (C=O) groups is 1. The molecule has 8 nitrogen and oxygen atoms in total. The summed E-state index contributed by atoms with van der Waals surface area (Å²) in [4.78, 5) is 16.2. The van der Waals surface area contributed by atoms with Crippen LogP contribution in [0.5, 0.6) is 11.5 Å². The molecule has 0 spiro atoms. The van der Waals surface area contributed by atoms with Crippen LogP contribution in [0.2, 0.25) is 0 Å². The van der Waals surface area contributed by atoms with E-state index in [0.717, 1.165) is 18.5 Å². The normalized spacial score (nSPS) is 11.2. The number of hydrogen-bond donors (Lipinski definition) is 3. The molecule has 166 valence electrons. The number of guanidine groups is 1. The van der Waals surface area contributed by atoms with Crippen molar-refractivity contribution < 1.29 is 19.0 Å². The number of benzene rings is 1. The molecule has 0 saturated carbocycles. The number of carbonyl (C=O) groups excluding carboxylic acids is 1. The van der Waals surface area contributed by atoms with Gasteiger partial charge in [-0.3, -0.25) is 4.99 Å². The predicted octanol–water partition coefficient (Wildman–Crippen LogP) is 2.94. The number of halogens is 1. The summed E-state index contributed by atoms with van der Waals surface area (Å²) in [6, 6.07) is 5.85. The maximum atomic E-state index is 11.6. The first-order valence-corrected chi connectivity index (χ1v) is 9.49. The Bertz CT molecular complexity index is 648. The van der Waals surface area contributed by atoms with Crippen LogP contribution in [0.15, 0.2) is 23.2 Å². The molecule has 0 aliphatic carbocycles. The third-order valence-corrected chi connectivity index (χ3v) is 3.55. The fourth-order valence-electron chi connectivity index (χ4n) is 2.33. The number of methoxy groups -OCH3 is 2. The van der Waals surface area contributed by atoms with E-state index in [1.54, 1.807) is 14.2 Å². The summed E-state index contributed by atoms with van der Waals surface area (Å²) in [5, 5.41) is 9.09. The summed E-state index contributed by atoms with van der Waals surface area (Å²) in [6.45, 7) is 9.85. The SMILES string of the molecule is CCNC(=NCCc1ccc(OC)c(OC)c1)NCCNC(=O)OC(C)(C)C.I. The molecule has 0 radical (unpaired) electrons. The van der Waals surface area contributed by atoms with E-state index in [1.165, 1.54) is 0 Å². The summed E-state index contributed by atoms with van der Waals surface area (Å²) in [7, 11) is 3.24. The molecule has 1 aromatic rings. The fraction of sp³-hybridized carbons (Fsp3) is 0.600. The van der Waals surface area contributed by atoms with Gasteiger partial charge in [0.05, 0.1) is 14.2 Å². The number of rotatable bonds is 9. The Kier molecular flexibility index (Phi) is 13.2. The minimum absolute atomic E-state index is 0. The van der Waals surface area contributed by atoms with E-state index in [1.807, 2.05) is 45.9 Å². The molecule has 1 aromatic carbocycles. The topological polar surface area (TPSA) is 93.2 Å². The maximum Gasteiger partial charge on any atom is 0.407 e. The first-order chi connectivity index (χ1) is 13.3. The highest BCUT2D eigenvalue weighted by molar-refractivity contribution is 14.0. The highest BCUT2D eigenvalue weighted by Crippen LogP contribution is 2.27. The summed E-state index contributed by atoms with van der Waals surface area (Å²) >= 11 is 0. The Morgan fingerprint density at radius 2 is 1.69 bits per heavy atom. The molecule has 0 aromatic heterocycles. The lowest BCUT2D eigenvalue weighted by Gasteiger charge is -2.19. The maximum absolute atomic E-state index is 11.6. The Labute approximate surface area is 191 Å². The minimum Gasteiger partial charge on any atom is -0.493 e. The number of alkyl carbamates (subject to hydrolysis) is 1. The summed E-state index contributed by atoms with van der Waals surface area (Å²) in [6.07, 6.45) is 0.345. The van der Waals surface area contributed by atoms with Gasteiger partial charge in [-0.15, -0.1) is 24.0 Å². The van der Waals surface area contributed by atoms with Crippen molar-refractivity contribution in [2.75, 3.05) is 40.4 Å². The highest BCUT2D eigenvalue weighted by Gasteiger charge is 2.15. The Balaban J connectivity index is 0.00000784. The number of aliphatic imine (C=N–C) groups is 1. The second kappa shape index (κ2) is 14.1. The first-order valence-electron chi connectivity index (χ1n) is 9.49. The van der Waals surface area contributed by atoms with Crippen LogP contribution in [-0.2, 0) is 11.2 Å². The lowest BCUT2D eigenvalue weighted by atomic mass is 10.1. The van der Waals surface area contributed by atoms with Gasteiger partial charge in [-0.2, -0.15) is 0 Å². The Morgan fingerprint density at radius 1 is 1.03 bits per heavy atom. The van der Waals surface area contributed by atoms with Crippen LogP contribution in [0, 0.1) is 0 Å². The van der Waals surface area contributed by atoms with Gasteiger partial charge in [-0.05, 0) is 51.8 Å². The van der Waals surface area contributed by atoms with Crippen molar-refractivity contribution >= 4 is 36.0 Å². The van der Waals surface area contributed by atoms with Crippen molar-refractivity contribution in [2.45, 2.75) is 39.7 Å². The van der Waals surface area contributed by atoms with Crippen molar-refractivity contribution in [1.82, 2.24) is 16.0 Å². The number of amides is 1. The third kappa shape index (κ3) is 11.6. The molecule has 0 heterocycles. The molecule has 0 aliphatic rings. The Morgan fingerprint density at radius 3 is 2.28 bits per heavy atom. The van der Waals surface area contributed by atoms with E-state index in [0.29, 0.717) is 37.1 Å². The zero-order valence-corrected chi connectivity index (χ0v) is 20.6. The standard InChI is InChI=1S/C20H34N4O4.HI/c1-7-21-18(23-12-13-24-19(25)28-20(2,3)4)22-11-10-15-8-9-16(26-5)17(14-15)27-6;/h8-9,14H,7,10-13H2,1-6H3,(H,24,25)(H2,21,22,23);1H. The lowest BCUT2D eigenvalue weighted by Crippen LogP contribution is -2.42. The van der Waals surface area contributed by atoms with Crippen LogP contribution >= 0.6 is 24.0 Å². The quantitative estimate of drug-likeness (QED) is 0.200. The van der Waals surface area contributed by atoms with Gasteiger partial charge in [-0.1, -0.05) is 6.07 Å². The number of nitrogens with zero attached hydrogens (tertiary/aromatic N) is 1. The van der Waals surface area contributed by atoms with Crippen molar-refractivity contribution in [3.63, 3.8) is 0 Å². The zero-order chi connectivity index (χ0) is 21.0. The van der Waals surface area contributed by atoms with Crippen LogP contribution < -0.4 is 25.4 Å². The predicted molar refractivity (Wildman–Crippen MR) is 127 cm³/mol. The summed E-state index contributed by atoms with van der Waals surface area (Å²) in [5.41, 5.74) is 0.613. The van der Waals surface area contributed by atoms with Crippen LogP contribution in [0.3, 0.4) is 0 Å². The summed E-state index contributed by atoms with van der Waals surface area (Å²) < 4.78 is 15.8. The average molecular weight is 522 g/mol. The van der Waals surface area contributed by atoms with E-state index in [4.69, 9.17) is 14.2 Å². The molecule has 3 N–H and O–H groups in total. The molecular weight excluding hydrogens is 487 g/mol. The van der Waals surface area contributed by atoms with Crippen molar-refractivity contribution in [1.29, 1.82) is 0 Å². The first kappa shape index (κ1) is 27.1. The molecule has 0 aliphatic heterocycles. The highest BCUT2D eigenvalue weighted by atomic mass is 127. The molecule has 9 heteroatoms. The molecule has 0 fully saturated rings.